The van der Waals surface area contributed by atoms with Gasteiger partial charge in [-0.3, -0.25) is 0 Å². The molecule has 1 unspecified atom stereocenters. The van der Waals surface area contributed by atoms with Crippen LogP contribution in [0.3, 0.4) is 0 Å². The second kappa shape index (κ2) is 7.71. The highest BCUT2D eigenvalue weighted by Gasteiger charge is 2.07. The maximum atomic E-state index is 13.4. The summed E-state index contributed by atoms with van der Waals surface area (Å²) < 4.78 is 31.5. The zero-order valence-corrected chi connectivity index (χ0v) is 11.4. The lowest BCUT2D eigenvalue weighted by Gasteiger charge is -2.13. The fourth-order valence-electron chi connectivity index (χ4n) is 1.81. The van der Waals surface area contributed by atoms with Crippen LogP contribution in [-0.2, 0) is 11.3 Å². The molecule has 2 aromatic rings. The van der Waals surface area contributed by atoms with E-state index in [1.807, 2.05) is 30.3 Å². The van der Waals surface area contributed by atoms with E-state index in [0.29, 0.717) is 6.61 Å². The van der Waals surface area contributed by atoms with E-state index in [-0.39, 0.29) is 18.8 Å². The summed E-state index contributed by atoms with van der Waals surface area (Å²) in [5.74, 6) is -1.32. The fourth-order valence-corrected chi connectivity index (χ4v) is 1.81. The second-order valence-electron chi connectivity index (χ2n) is 4.66. The number of rotatable bonds is 7. The number of nitrogens with one attached hydrogen (secondary N) is 1. The van der Waals surface area contributed by atoms with Crippen LogP contribution in [0.2, 0.25) is 0 Å². The summed E-state index contributed by atoms with van der Waals surface area (Å²) in [5, 5.41) is 12.5. The molecule has 0 aromatic heterocycles. The summed E-state index contributed by atoms with van der Waals surface area (Å²) in [4.78, 5) is 0. The van der Waals surface area contributed by atoms with E-state index >= 15 is 0 Å². The summed E-state index contributed by atoms with van der Waals surface area (Å²) in [6.07, 6.45) is -0.779. The highest BCUT2D eigenvalue weighted by molar-refractivity contribution is 5.44. The fraction of sp³-hybridized carbons (Fsp3) is 0.250. The minimum Gasteiger partial charge on any atom is -0.389 e. The molecule has 21 heavy (non-hydrogen) atoms. The number of ether oxygens (including phenoxy) is 1. The standard InChI is InChI=1S/C16H17F2NO2/c17-13-6-7-16(15(18)8-13)19-9-14(20)11-21-10-12-4-2-1-3-5-12/h1-8,14,19-20H,9-11H2. The molecule has 0 spiro atoms. The Kier molecular flexibility index (Phi) is 5.66. The first kappa shape index (κ1) is 15.4. The molecule has 0 saturated heterocycles. The average Bonchev–Trinajstić information content (AvgIpc) is 2.47. The molecule has 112 valence electrons. The van der Waals surface area contributed by atoms with Gasteiger partial charge in [-0.25, -0.2) is 8.78 Å². The van der Waals surface area contributed by atoms with E-state index in [1.54, 1.807) is 0 Å². The Morgan fingerprint density at radius 1 is 1.10 bits per heavy atom. The number of aliphatic hydroxyl groups is 1. The van der Waals surface area contributed by atoms with Gasteiger partial charge in [0.2, 0.25) is 0 Å². The number of aliphatic hydroxyl groups excluding tert-OH is 1. The van der Waals surface area contributed by atoms with Crippen molar-refractivity contribution in [1.82, 2.24) is 0 Å². The van der Waals surface area contributed by atoms with Gasteiger partial charge in [-0.2, -0.15) is 0 Å². The van der Waals surface area contributed by atoms with Gasteiger partial charge in [-0.05, 0) is 17.7 Å². The van der Waals surface area contributed by atoms with Crippen molar-refractivity contribution in [2.45, 2.75) is 12.7 Å². The van der Waals surface area contributed by atoms with Crippen molar-refractivity contribution in [2.75, 3.05) is 18.5 Å². The number of benzene rings is 2. The van der Waals surface area contributed by atoms with Crippen LogP contribution in [0.5, 0.6) is 0 Å². The molecule has 0 aliphatic heterocycles. The Morgan fingerprint density at radius 2 is 1.86 bits per heavy atom. The third kappa shape index (κ3) is 5.13. The third-order valence-corrected chi connectivity index (χ3v) is 2.88. The summed E-state index contributed by atoms with van der Waals surface area (Å²) in [7, 11) is 0. The van der Waals surface area contributed by atoms with Crippen LogP contribution in [0, 0.1) is 11.6 Å². The van der Waals surface area contributed by atoms with Crippen molar-refractivity contribution in [3.8, 4) is 0 Å². The molecular weight excluding hydrogens is 276 g/mol. The van der Waals surface area contributed by atoms with Crippen LogP contribution >= 0.6 is 0 Å². The van der Waals surface area contributed by atoms with Gasteiger partial charge in [0.05, 0.1) is 25.0 Å². The molecule has 5 heteroatoms. The third-order valence-electron chi connectivity index (χ3n) is 2.88. The molecule has 1 atom stereocenters. The normalized spacial score (nSPS) is 12.1. The van der Waals surface area contributed by atoms with Crippen LogP contribution in [-0.4, -0.2) is 24.4 Å². The van der Waals surface area contributed by atoms with Gasteiger partial charge in [-0.15, -0.1) is 0 Å². The van der Waals surface area contributed by atoms with Crippen molar-refractivity contribution in [3.63, 3.8) is 0 Å². The lowest BCUT2D eigenvalue weighted by Crippen LogP contribution is -2.25. The van der Waals surface area contributed by atoms with Crippen LogP contribution in [0.4, 0.5) is 14.5 Å². The van der Waals surface area contributed by atoms with Crippen molar-refractivity contribution in [3.05, 3.63) is 65.7 Å². The Bertz CT molecular complexity index is 563. The summed E-state index contributed by atoms with van der Waals surface area (Å²) in [6.45, 7) is 0.658. The van der Waals surface area contributed by atoms with Gasteiger partial charge in [0.1, 0.15) is 11.6 Å². The molecule has 2 aromatic carbocycles. The zero-order valence-electron chi connectivity index (χ0n) is 11.4. The monoisotopic (exact) mass is 293 g/mol. The lowest BCUT2D eigenvalue weighted by molar-refractivity contribution is 0.0348. The Labute approximate surface area is 122 Å². The van der Waals surface area contributed by atoms with E-state index < -0.39 is 17.7 Å². The second-order valence-corrected chi connectivity index (χ2v) is 4.66. The summed E-state index contributed by atoms with van der Waals surface area (Å²) in [6, 6.07) is 12.8. The molecule has 0 heterocycles. The van der Waals surface area contributed by atoms with Crippen LogP contribution in [0.1, 0.15) is 5.56 Å². The van der Waals surface area contributed by atoms with Crippen molar-refractivity contribution in [1.29, 1.82) is 0 Å². The number of hydrogen-bond acceptors (Lipinski definition) is 3. The maximum absolute atomic E-state index is 13.4. The molecule has 0 radical (unpaired) electrons. The molecule has 3 nitrogen and oxygen atoms in total. The topological polar surface area (TPSA) is 41.5 Å². The van der Waals surface area contributed by atoms with Gasteiger partial charge in [0.25, 0.3) is 0 Å². The quantitative estimate of drug-likeness (QED) is 0.824. The predicted molar refractivity (Wildman–Crippen MR) is 77.0 cm³/mol. The summed E-state index contributed by atoms with van der Waals surface area (Å²) >= 11 is 0. The van der Waals surface area contributed by atoms with Gasteiger partial charge in [0, 0.05) is 12.6 Å². The Hall–Kier alpha value is -1.98. The molecule has 0 aliphatic rings. The number of halogens is 2. The number of anilines is 1. The van der Waals surface area contributed by atoms with Crippen LogP contribution in [0.25, 0.3) is 0 Å². The smallest absolute Gasteiger partial charge is 0.149 e. The first-order chi connectivity index (χ1) is 10.1. The molecule has 0 aliphatic carbocycles. The molecule has 2 rings (SSSR count). The molecule has 0 bridgehead atoms. The first-order valence-corrected chi connectivity index (χ1v) is 6.64. The van der Waals surface area contributed by atoms with E-state index in [2.05, 4.69) is 5.32 Å². The van der Waals surface area contributed by atoms with Crippen LogP contribution in [0.15, 0.2) is 48.5 Å². The minimum atomic E-state index is -0.779. The van der Waals surface area contributed by atoms with E-state index in [9.17, 15) is 13.9 Å². The largest absolute Gasteiger partial charge is 0.389 e. The van der Waals surface area contributed by atoms with Gasteiger partial charge in [0.15, 0.2) is 0 Å². The van der Waals surface area contributed by atoms with Gasteiger partial charge < -0.3 is 15.2 Å². The predicted octanol–water partition coefficient (Wildman–Crippen LogP) is 2.95. The molecule has 0 amide bonds. The highest BCUT2D eigenvalue weighted by atomic mass is 19.1. The van der Waals surface area contributed by atoms with Crippen molar-refractivity contribution in [2.24, 2.45) is 0 Å². The van der Waals surface area contributed by atoms with E-state index in [4.69, 9.17) is 4.74 Å². The lowest BCUT2D eigenvalue weighted by atomic mass is 10.2. The summed E-state index contributed by atoms with van der Waals surface area (Å²) in [5.41, 5.74) is 1.17. The van der Waals surface area contributed by atoms with Gasteiger partial charge >= 0.3 is 0 Å². The average molecular weight is 293 g/mol. The van der Waals surface area contributed by atoms with Crippen molar-refractivity contribution >= 4 is 5.69 Å². The highest BCUT2D eigenvalue weighted by Crippen LogP contribution is 2.14. The minimum absolute atomic E-state index is 0.122. The molecule has 0 saturated carbocycles. The van der Waals surface area contributed by atoms with E-state index in [0.717, 1.165) is 17.7 Å². The first-order valence-electron chi connectivity index (χ1n) is 6.64. The molecule has 0 fully saturated rings. The molecule has 2 N–H and O–H groups in total. The van der Waals surface area contributed by atoms with Gasteiger partial charge in [-0.1, -0.05) is 30.3 Å². The Balaban J connectivity index is 1.71. The Morgan fingerprint density at radius 3 is 2.57 bits per heavy atom. The van der Waals surface area contributed by atoms with Crippen molar-refractivity contribution < 1.29 is 18.6 Å². The molecular formula is C16H17F2NO2. The van der Waals surface area contributed by atoms with Crippen LogP contribution < -0.4 is 5.32 Å². The van der Waals surface area contributed by atoms with E-state index in [1.165, 1.54) is 6.07 Å². The zero-order chi connectivity index (χ0) is 15.1. The maximum Gasteiger partial charge on any atom is 0.149 e. The number of hydrogen-bond donors (Lipinski definition) is 2. The SMILES string of the molecule is OC(CNc1ccc(F)cc1F)COCc1ccccc1.